The molecule has 3 amide bonds. The summed E-state index contributed by atoms with van der Waals surface area (Å²) >= 11 is 0. The Hall–Kier alpha value is -5.89. The molecule has 0 spiro atoms. The Morgan fingerprint density at radius 2 is 1.51 bits per heavy atom. The van der Waals surface area contributed by atoms with E-state index in [4.69, 9.17) is 0 Å². The van der Waals surface area contributed by atoms with Crippen LogP contribution in [0.1, 0.15) is 77.0 Å². The number of anilines is 1. The molecule has 68 heavy (non-hydrogen) atoms. The van der Waals surface area contributed by atoms with Gasteiger partial charge in [0, 0.05) is 128 Å². The number of piperidine rings is 2. The van der Waals surface area contributed by atoms with Gasteiger partial charge < -0.3 is 19.3 Å². The van der Waals surface area contributed by atoms with Crippen molar-refractivity contribution in [1.29, 1.82) is 0 Å². The molecule has 3 aromatic heterocycles. The maximum Gasteiger partial charge on any atom is 0.418 e. The lowest BCUT2D eigenvalue weighted by molar-refractivity contribution is -0.137. The maximum atomic E-state index is 14.6. The van der Waals surface area contributed by atoms with Crippen LogP contribution < -0.4 is 15.9 Å². The summed E-state index contributed by atoms with van der Waals surface area (Å²) < 4.78 is 48.0. The molecule has 5 aliphatic heterocycles. The van der Waals surface area contributed by atoms with Crippen molar-refractivity contribution in [2.45, 2.75) is 63.8 Å². The number of aromatic nitrogens is 5. The Kier molecular flexibility index (Phi) is 12.7. The quantitative estimate of drug-likeness (QED) is 0.183. The standard InChI is InChI=1S/C49H59F3N12O4/c1-33(45-55-53-32-56(45)2)36-4-3-5-39(25-36)62-31-43-41(49(50,51)52)24-35(29-64(43)48(62)68)28-59-18-16-58(17-19-59)15-14-57-12-10-34(11-13-57)27-60-20-22-61(23-21-60)38-6-7-40-37(26-38)30-63(47(40)67)42-8-9-44(65)54-46(42)66/h3-7,24-26,29,31-34,42H,8-23,27-28,30H2,1-2H3,(H,54,65,66)/t33-,42?/m1/s1. The number of hydrogen-bond acceptors (Lipinski definition) is 11. The highest BCUT2D eigenvalue weighted by atomic mass is 19.4. The molecule has 5 aliphatic rings. The van der Waals surface area contributed by atoms with Gasteiger partial charge in [-0.2, -0.15) is 13.2 Å². The number of fused-ring (bicyclic) bond motifs is 2. The molecular weight excluding hydrogens is 878 g/mol. The average molecular weight is 937 g/mol. The summed E-state index contributed by atoms with van der Waals surface area (Å²) in [5, 5.41) is 10.5. The Morgan fingerprint density at radius 1 is 0.794 bits per heavy atom. The fourth-order valence-electron chi connectivity index (χ4n) is 10.9. The molecule has 0 bridgehead atoms. The van der Waals surface area contributed by atoms with Gasteiger partial charge in [0.2, 0.25) is 11.8 Å². The van der Waals surface area contributed by atoms with Crippen molar-refractivity contribution in [3.63, 3.8) is 0 Å². The van der Waals surface area contributed by atoms with Gasteiger partial charge in [-0.1, -0.05) is 19.1 Å². The summed E-state index contributed by atoms with van der Waals surface area (Å²) in [5.41, 5.74) is 2.90. The molecule has 1 N–H and O–H groups in total. The second kappa shape index (κ2) is 18.9. The minimum absolute atomic E-state index is 0.147. The zero-order valence-electron chi connectivity index (χ0n) is 38.7. The number of carbonyl (C=O) groups excluding carboxylic acids is 3. The highest BCUT2D eigenvalue weighted by Gasteiger charge is 2.40. The monoisotopic (exact) mass is 936 g/mol. The van der Waals surface area contributed by atoms with Gasteiger partial charge in [-0.3, -0.25) is 43.4 Å². The predicted octanol–water partition coefficient (Wildman–Crippen LogP) is 3.80. The molecular formula is C49H59F3N12O4. The number of benzene rings is 2. The molecule has 2 aromatic carbocycles. The lowest BCUT2D eigenvalue weighted by Gasteiger charge is -2.40. The van der Waals surface area contributed by atoms with Crippen LogP contribution in [0.5, 0.6) is 0 Å². The minimum Gasteiger partial charge on any atom is -0.369 e. The smallest absolute Gasteiger partial charge is 0.369 e. The Balaban J connectivity index is 0.668. The Labute approximate surface area is 392 Å². The Morgan fingerprint density at radius 3 is 2.22 bits per heavy atom. The van der Waals surface area contributed by atoms with E-state index in [1.165, 1.54) is 29.7 Å². The van der Waals surface area contributed by atoms with Crippen LogP contribution in [0.25, 0.3) is 11.2 Å². The van der Waals surface area contributed by atoms with Crippen molar-refractivity contribution in [2.24, 2.45) is 13.0 Å². The van der Waals surface area contributed by atoms with Gasteiger partial charge in [0.05, 0.1) is 16.8 Å². The van der Waals surface area contributed by atoms with Gasteiger partial charge in [0.25, 0.3) is 5.91 Å². The first kappa shape index (κ1) is 45.9. The summed E-state index contributed by atoms with van der Waals surface area (Å²) in [4.78, 5) is 64.8. The molecule has 5 aromatic rings. The first-order chi connectivity index (χ1) is 32.7. The van der Waals surface area contributed by atoms with E-state index in [-0.39, 0.29) is 29.7 Å². The molecule has 2 atom stereocenters. The number of aryl methyl sites for hydroxylation is 1. The molecule has 19 heteroatoms. The van der Waals surface area contributed by atoms with Crippen LogP contribution in [0, 0.1) is 5.92 Å². The number of halogens is 3. The van der Waals surface area contributed by atoms with Crippen LogP contribution >= 0.6 is 0 Å². The number of hydrogen-bond donors (Lipinski definition) is 1. The van der Waals surface area contributed by atoms with Crippen LogP contribution in [0.15, 0.2) is 72.0 Å². The van der Waals surface area contributed by atoms with Gasteiger partial charge in [0.1, 0.15) is 18.2 Å². The van der Waals surface area contributed by atoms with Gasteiger partial charge in [0.15, 0.2) is 0 Å². The number of carbonyl (C=O) groups is 3. The molecule has 0 aliphatic carbocycles. The van der Waals surface area contributed by atoms with E-state index in [0.717, 1.165) is 112 Å². The normalized spacial score (nSPS) is 21.2. The van der Waals surface area contributed by atoms with E-state index >= 15 is 0 Å². The summed E-state index contributed by atoms with van der Waals surface area (Å²) in [7, 11) is 1.85. The summed E-state index contributed by atoms with van der Waals surface area (Å²) in [6, 6.07) is 13.8. The highest BCUT2D eigenvalue weighted by Crippen LogP contribution is 2.35. The number of likely N-dealkylation sites (tertiary alicyclic amines) is 1. The number of nitrogens with zero attached hydrogens (tertiary/aromatic N) is 11. The maximum absolute atomic E-state index is 14.6. The molecule has 0 radical (unpaired) electrons. The minimum atomic E-state index is -4.65. The largest absolute Gasteiger partial charge is 0.418 e. The number of amides is 3. The summed E-state index contributed by atoms with van der Waals surface area (Å²) in [5.74, 6) is 0.417. The molecule has 0 saturated carbocycles. The van der Waals surface area contributed by atoms with Gasteiger partial charge >= 0.3 is 11.9 Å². The average Bonchev–Trinajstić information content (AvgIpc) is 4.02. The predicted molar refractivity (Wildman–Crippen MR) is 249 cm³/mol. The van der Waals surface area contributed by atoms with Crippen molar-refractivity contribution in [2.75, 3.05) is 90.0 Å². The van der Waals surface area contributed by atoms with Crippen molar-refractivity contribution in [3.8, 4) is 5.69 Å². The van der Waals surface area contributed by atoms with E-state index in [1.54, 1.807) is 29.6 Å². The molecule has 10 rings (SSSR count). The van der Waals surface area contributed by atoms with E-state index in [2.05, 4.69) is 46.1 Å². The zero-order chi connectivity index (χ0) is 47.3. The number of alkyl halides is 3. The summed E-state index contributed by atoms with van der Waals surface area (Å²) in [6.07, 6.45) is 2.76. The van der Waals surface area contributed by atoms with Gasteiger partial charge in [-0.05, 0) is 91.4 Å². The van der Waals surface area contributed by atoms with Crippen molar-refractivity contribution >= 4 is 28.9 Å². The number of nitrogens with one attached hydrogen (secondary N) is 1. The first-order valence-corrected chi connectivity index (χ1v) is 24.0. The van der Waals surface area contributed by atoms with Crippen LogP contribution in [0.2, 0.25) is 0 Å². The number of pyridine rings is 1. The topological polar surface area (TPSA) is 140 Å². The number of imide groups is 1. The van der Waals surface area contributed by atoms with Crippen LogP contribution in [0.4, 0.5) is 18.9 Å². The fourth-order valence-corrected chi connectivity index (χ4v) is 10.9. The van der Waals surface area contributed by atoms with Crippen molar-refractivity contribution in [1.82, 2.24) is 53.5 Å². The van der Waals surface area contributed by atoms with E-state index in [9.17, 15) is 32.3 Å². The van der Waals surface area contributed by atoms with Gasteiger partial charge in [-0.25, -0.2) is 4.79 Å². The van der Waals surface area contributed by atoms with Crippen molar-refractivity contribution < 1.29 is 27.6 Å². The van der Waals surface area contributed by atoms with Gasteiger partial charge in [-0.15, -0.1) is 10.2 Å². The molecule has 360 valence electrons. The zero-order valence-corrected chi connectivity index (χ0v) is 38.7. The first-order valence-electron chi connectivity index (χ1n) is 24.0. The third-order valence-electron chi connectivity index (χ3n) is 15.0. The van der Waals surface area contributed by atoms with E-state index < -0.39 is 29.4 Å². The van der Waals surface area contributed by atoms with E-state index in [1.807, 2.05) is 42.8 Å². The number of piperazine rings is 2. The van der Waals surface area contributed by atoms with Crippen molar-refractivity contribution in [3.05, 3.63) is 111 Å². The van der Waals surface area contributed by atoms with E-state index in [0.29, 0.717) is 42.2 Å². The molecule has 4 fully saturated rings. The second-order valence-electron chi connectivity index (χ2n) is 19.3. The summed E-state index contributed by atoms with van der Waals surface area (Å²) in [6.45, 7) is 14.8. The molecule has 16 nitrogen and oxygen atoms in total. The van der Waals surface area contributed by atoms with Crippen LogP contribution in [-0.2, 0) is 35.9 Å². The third-order valence-corrected chi connectivity index (χ3v) is 15.0. The molecule has 8 heterocycles. The fraction of sp³-hybridized carbons (Fsp3) is 0.510. The number of rotatable bonds is 12. The SMILES string of the molecule is C[C@H](c1cccc(-n2cc3c(C(F)(F)F)cc(CN4CCN(CCN5CCC(CN6CCN(c7ccc8c(c7)CN(C7CCC(=O)NC7=O)C8=O)CC6)CC5)CC4)cn3c2=O)c1)c1nncn1C. The second-order valence-corrected chi connectivity index (χ2v) is 19.3. The lowest BCUT2D eigenvalue weighted by Crippen LogP contribution is -2.52. The highest BCUT2D eigenvalue weighted by molar-refractivity contribution is 6.05. The lowest BCUT2D eigenvalue weighted by atomic mass is 9.96. The number of imidazole rings is 1. The Bertz CT molecular complexity index is 2740. The molecule has 1 unspecified atom stereocenters. The molecule has 4 saturated heterocycles. The third kappa shape index (κ3) is 9.45. The van der Waals surface area contributed by atoms with Crippen LogP contribution in [0.3, 0.4) is 0 Å². The van der Waals surface area contributed by atoms with Crippen LogP contribution in [-0.4, -0.2) is 157 Å².